The molecule has 0 aliphatic heterocycles. The summed E-state index contributed by atoms with van der Waals surface area (Å²) in [6.45, 7) is 3.31. The Hall–Kier alpha value is -4.39. The van der Waals surface area contributed by atoms with Gasteiger partial charge in [-0.15, -0.1) is 0 Å². The first-order valence-electron chi connectivity index (χ1n) is 12.6. The van der Waals surface area contributed by atoms with Gasteiger partial charge in [0.1, 0.15) is 5.82 Å². The van der Waals surface area contributed by atoms with Crippen molar-refractivity contribution in [2.24, 2.45) is 0 Å². The van der Waals surface area contributed by atoms with Crippen molar-refractivity contribution in [3.8, 4) is 11.1 Å². The van der Waals surface area contributed by atoms with Crippen LogP contribution in [0.5, 0.6) is 0 Å². The zero-order valence-corrected chi connectivity index (χ0v) is 22.0. The number of carbonyl (C=O) groups is 2. The van der Waals surface area contributed by atoms with Crippen molar-refractivity contribution in [1.82, 2.24) is 0 Å². The highest BCUT2D eigenvalue weighted by atomic mass is 19.3. The molecule has 4 aromatic rings. The van der Waals surface area contributed by atoms with Gasteiger partial charge in [-0.3, -0.25) is 9.59 Å². The van der Waals surface area contributed by atoms with Gasteiger partial charge in [-0.25, -0.2) is 13.2 Å². The quantitative estimate of drug-likeness (QED) is 0.253. The number of alkyl halides is 2. The lowest BCUT2D eigenvalue weighted by atomic mass is 10.0. The zero-order chi connectivity index (χ0) is 28.2. The SMILES string of the molecule is CCC(F)(F)c1ccc(CC(=O)Nc2ccc(C(=O)N(C)c3cc(C)cc(-c4ccccc4F)c3)cc2)cc1. The maximum atomic E-state index is 14.3. The number of hydrogen-bond donors (Lipinski definition) is 1. The maximum absolute atomic E-state index is 14.3. The van der Waals surface area contributed by atoms with E-state index in [1.807, 2.05) is 19.1 Å². The Labute approximate surface area is 226 Å². The van der Waals surface area contributed by atoms with Crippen molar-refractivity contribution >= 4 is 23.2 Å². The normalized spacial score (nSPS) is 11.2. The van der Waals surface area contributed by atoms with Crippen LogP contribution in [0.4, 0.5) is 24.5 Å². The summed E-state index contributed by atoms with van der Waals surface area (Å²) >= 11 is 0. The number of rotatable bonds is 8. The molecule has 2 amide bonds. The molecule has 7 heteroatoms. The number of benzene rings is 4. The van der Waals surface area contributed by atoms with Crippen LogP contribution in [0.2, 0.25) is 0 Å². The first kappa shape index (κ1) is 27.6. The topological polar surface area (TPSA) is 49.4 Å². The van der Waals surface area contributed by atoms with E-state index in [9.17, 15) is 22.8 Å². The molecule has 1 N–H and O–H groups in total. The molecule has 0 radical (unpaired) electrons. The fourth-order valence-corrected chi connectivity index (χ4v) is 4.28. The summed E-state index contributed by atoms with van der Waals surface area (Å²) in [5.41, 5.74) is 4.10. The predicted octanol–water partition coefficient (Wildman–Crippen LogP) is 7.76. The Morgan fingerprint density at radius 1 is 0.897 bits per heavy atom. The highest BCUT2D eigenvalue weighted by molar-refractivity contribution is 6.06. The second kappa shape index (κ2) is 11.6. The van der Waals surface area contributed by atoms with Crippen LogP contribution in [0.1, 0.15) is 40.4 Å². The fraction of sp³-hybridized carbons (Fsp3) is 0.188. The third-order valence-corrected chi connectivity index (χ3v) is 6.54. The molecule has 0 aliphatic carbocycles. The van der Waals surface area contributed by atoms with E-state index < -0.39 is 5.92 Å². The minimum absolute atomic E-state index is 0.0269. The monoisotopic (exact) mass is 530 g/mol. The van der Waals surface area contributed by atoms with Gasteiger partial charge in [0.05, 0.1) is 6.42 Å². The van der Waals surface area contributed by atoms with Gasteiger partial charge < -0.3 is 10.2 Å². The lowest BCUT2D eigenvalue weighted by molar-refractivity contribution is -0.115. The van der Waals surface area contributed by atoms with Crippen molar-refractivity contribution in [1.29, 1.82) is 0 Å². The van der Waals surface area contributed by atoms with Crippen LogP contribution >= 0.6 is 0 Å². The van der Waals surface area contributed by atoms with Gasteiger partial charge in [0.2, 0.25) is 5.91 Å². The minimum atomic E-state index is -2.89. The average molecular weight is 531 g/mol. The molecule has 4 nitrogen and oxygen atoms in total. The van der Waals surface area contributed by atoms with E-state index in [0.717, 1.165) is 5.56 Å². The van der Waals surface area contributed by atoms with E-state index in [0.29, 0.717) is 33.6 Å². The summed E-state index contributed by atoms with van der Waals surface area (Å²) < 4.78 is 42.0. The number of aryl methyl sites for hydroxylation is 1. The third-order valence-electron chi connectivity index (χ3n) is 6.54. The van der Waals surface area contributed by atoms with Gasteiger partial charge in [-0.2, -0.15) is 0 Å². The molecule has 0 fully saturated rings. The van der Waals surface area contributed by atoms with Gasteiger partial charge in [0.15, 0.2) is 0 Å². The van der Waals surface area contributed by atoms with Crippen molar-refractivity contribution in [2.45, 2.75) is 32.6 Å². The van der Waals surface area contributed by atoms with Crippen LogP contribution in [-0.2, 0) is 17.1 Å². The van der Waals surface area contributed by atoms with Crippen LogP contribution in [0, 0.1) is 12.7 Å². The van der Waals surface area contributed by atoms with Gasteiger partial charge >= 0.3 is 0 Å². The molecule has 0 saturated carbocycles. The van der Waals surface area contributed by atoms with Gasteiger partial charge in [-0.1, -0.05) is 55.5 Å². The summed E-state index contributed by atoms with van der Waals surface area (Å²) in [7, 11) is 1.65. The van der Waals surface area contributed by atoms with Crippen LogP contribution in [0.15, 0.2) is 91.0 Å². The highest BCUT2D eigenvalue weighted by Crippen LogP contribution is 2.31. The lowest BCUT2D eigenvalue weighted by Crippen LogP contribution is -2.26. The molecule has 0 unspecified atom stereocenters. The van der Waals surface area contributed by atoms with Crippen molar-refractivity contribution < 1.29 is 22.8 Å². The number of anilines is 2. The third kappa shape index (κ3) is 6.55. The van der Waals surface area contributed by atoms with E-state index in [1.165, 1.54) is 42.2 Å². The molecule has 0 saturated heterocycles. The van der Waals surface area contributed by atoms with E-state index in [1.54, 1.807) is 55.6 Å². The molecule has 0 atom stereocenters. The Morgan fingerprint density at radius 3 is 2.21 bits per heavy atom. The van der Waals surface area contributed by atoms with Gasteiger partial charge in [-0.05, 0) is 66.1 Å². The van der Waals surface area contributed by atoms with E-state index >= 15 is 0 Å². The molecule has 0 aromatic heterocycles. The second-order valence-corrected chi connectivity index (χ2v) is 9.46. The molecule has 0 aliphatic rings. The van der Waals surface area contributed by atoms with Crippen molar-refractivity contribution in [3.63, 3.8) is 0 Å². The first-order valence-corrected chi connectivity index (χ1v) is 12.6. The molecular weight excluding hydrogens is 501 g/mol. The van der Waals surface area contributed by atoms with Crippen molar-refractivity contribution in [2.75, 3.05) is 17.3 Å². The van der Waals surface area contributed by atoms with Gasteiger partial charge in [0.25, 0.3) is 11.8 Å². The molecule has 200 valence electrons. The standard InChI is InChI=1S/C32H29F3N2O2/c1-4-32(34,35)25-13-9-22(10-14-25)19-30(38)36-26-15-11-23(12-16-26)31(39)37(3)27-18-21(2)17-24(20-27)28-7-5-6-8-29(28)33/h5-18,20H,4,19H2,1-3H3,(H,36,38). The number of halogens is 3. The summed E-state index contributed by atoms with van der Waals surface area (Å²) in [5, 5.41) is 2.76. The summed E-state index contributed by atoms with van der Waals surface area (Å²) in [5.74, 6) is -3.80. The number of carbonyl (C=O) groups excluding carboxylic acids is 2. The Morgan fingerprint density at radius 2 is 1.56 bits per heavy atom. The molecule has 4 rings (SSSR count). The highest BCUT2D eigenvalue weighted by Gasteiger charge is 2.28. The van der Waals surface area contributed by atoms with Crippen LogP contribution in [0.25, 0.3) is 11.1 Å². The molecular formula is C32H29F3N2O2. The molecule has 4 aromatic carbocycles. The number of nitrogens with zero attached hydrogens (tertiary/aromatic N) is 1. The number of nitrogens with one attached hydrogen (secondary N) is 1. The van der Waals surface area contributed by atoms with Crippen LogP contribution in [0.3, 0.4) is 0 Å². The lowest BCUT2D eigenvalue weighted by Gasteiger charge is -2.20. The average Bonchev–Trinajstić information content (AvgIpc) is 2.93. The zero-order valence-electron chi connectivity index (χ0n) is 22.0. The van der Waals surface area contributed by atoms with Crippen LogP contribution in [-0.4, -0.2) is 18.9 Å². The smallest absolute Gasteiger partial charge is 0.273 e. The second-order valence-electron chi connectivity index (χ2n) is 9.46. The predicted molar refractivity (Wildman–Crippen MR) is 149 cm³/mol. The summed E-state index contributed by atoms with van der Waals surface area (Å²) in [4.78, 5) is 27.1. The summed E-state index contributed by atoms with van der Waals surface area (Å²) in [6.07, 6.45) is -0.264. The van der Waals surface area contributed by atoms with E-state index in [-0.39, 0.29) is 36.0 Å². The first-order chi connectivity index (χ1) is 18.6. The van der Waals surface area contributed by atoms with E-state index in [4.69, 9.17) is 0 Å². The molecule has 0 bridgehead atoms. The number of hydrogen-bond acceptors (Lipinski definition) is 2. The molecule has 0 spiro atoms. The Balaban J connectivity index is 1.42. The number of amides is 2. The Bertz CT molecular complexity index is 1480. The fourth-order valence-electron chi connectivity index (χ4n) is 4.28. The molecule has 0 heterocycles. The maximum Gasteiger partial charge on any atom is 0.273 e. The summed E-state index contributed by atoms with van der Waals surface area (Å²) in [6, 6.07) is 24.2. The van der Waals surface area contributed by atoms with Gasteiger partial charge in [0, 0.05) is 41.5 Å². The van der Waals surface area contributed by atoms with Crippen LogP contribution < -0.4 is 10.2 Å². The largest absolute Gasteiger partial charge is 0.326 e. The van der Waals surface area contributed by atoms with Crippen molar-refractivity contribution in [3.05, 3.63) is 119 Å². The van der Waals surface area contributed by atoms with E-state index in [2.05, 4.69) is 5.32 Å². The minimum Gasteiger partial charge on any atom is -0.326 e. The molecule has 39 heavy (non-hydrogen) atoms. The Kier molecular flexibility index (Phi) is 8.19.